The van der Waals surface area contributed by atoms with E-state index < -0.39 is 11.9 Å². The molecule has 1 heterocycles. The molecular formula is C8H4BrF3IN2P. The molecule has 0 amide bonds. The highest BCUT2D eigenvalue weighted by Gasteiger charge is 2.36. The smallest absolute Gasteiger partial charge is 0.237 e. The minimum Gasteiger partial charge on any atom is -0.237 e. The Morgan fingerprint density at radius 2 is 2.06 bits per heavy atom. The Labute approximate surface area is 112 Å². The second-order valence-electron chi connectivity index (χ2n) is 3.00. The number of nitrogens with zero attached hydrogens (tertiary/aromatic N) is 2. The van der Waals surface area contributed by atoms with Crippen LogP contribution in [0.3, 0.4) is 0 Å². The summed E-state index contributed by atoms with van der Waals surface area (Å²) in [6.45, 7) is 0. The van der Waals surface area contributed by atoms with Gasteiger partial charge >= 0.3 is 6.18 Å². The topological polar surface area (TPSA) is 17.8 Å². The van der Waals surface area contributed by atoms with Crippen LogP contribution in [0.25, 0.3) is 10.9 Å². The average Bonchev–Trinajstić information content (AvgIpc) is 2.54. The van der Waals surface area contributed by atoms with Crippen LogP contribution in [0.15, 0.2) is 22.7 Å². The molecule has 2 nitrogen and oxygen atoms in total. The summed E-state index contributed by atoms with van der Waals surface area (Å²) in [7, 11) is 0. The van der Waals surface area contributed by atoms with E-state index in [1.54, 1.807) is 12.1 Å². The Balaban J connectivity index is 2.79. The maximum Gasteiger partial charge on any atom is 0.435 e. The largest absolute Gasteiger partial charge is 0.435 e. The number of alkyl halides is 3. The predicted molar refractivity (Wildman–Crippen MR) is 70.2 cm³/mol. The summed E-state index contributed by atoms with van der Waals surface area (Å²) in [6.07, 6.45) is -4.28. The van der Waals surface area contributed by atoms with Crippen LogP contribution >= 0.6 is 44.3 Å². The van der Waals surface area contributed by atoms with Gasteiger partial charge in [-0.25, -0.2) is 4.45 Å². The fraction of sp³-hybridized carbons (Fsp3) is 0.125. The molecule has 0 saturated carbocycles. The minimum atomic E-state index is -4.42. The third kappa shape index (κ3) is 2.22. The molecule has 1 aromatic heterocycles. The van der Waals surface area contributed by atoms with Gasteiger partial charge < -0.3 is 0 Å². The monoisotopic (exact) mass is 422 g/mol. The summed E-state index contributed by atoms with van der Waals surface area (Å²) in [4.78, 5) is 0. The first-order chi connectivity index (χ1) is 7.43. The number of hydrogen-bond donors (Lipinski definition) is 0. The van der Waals surface area contributed by atoms with Gasteiger partial charge in [-0.2, -0.15) is 18.3 Å². The van der Waals surface area contributed by atoms with Gasteiger partial charge in [0.25, 0.3) is 0 Å². The molecule has 8 heteroatoms. The summed E-state index contributed by atoms with van der Waals surface area (Å²) in [5.74, 6) is 0. The van der Waals surface area contributed by atoms with Gasteiger partial charge in [0.2, 0.25) is 0 Å². The predicted octanol–water partition coefficient (Wildman–Crippen LogP) is 4.61. The van der Waals surface area contributed by atoms with Crippen molar-refractivity contribution < 1.29 is 13.2 Å². The second kappa shape index (κ2) is 4.42. The Bertz CT molecular complexity index is 540. The highest BCUT2D eigenvalue weighted by molar-refractivity contribution is 14.2. The molecule has 0 aliphatic rings. The van der Waals surface area contributed by atoms with Crippen molar-refractivity contribution in [2.75, 3.05) is 0 Å². The SMILES string of the molecule is FC(F)(F)c1nn(PI)c2ccc(Br)cc12. The van der Waals surface area contributed by atoms with Gasteiger partial charge in [0, 0.05) is 9.86 Å². The van der Waals surface area contributed by atoms with E-state index in [1.807, 2.05) is 22.0 Å². The van der Waals surface area contributed by atoms with Crippen LogP contribution in [0.4, 0.5) is 13.2 Å². The van der Waals surface area contributed by atoms with E-state index in [0.29, 0.717) is 9.99 Å². The van der Waals surface area contributed by atoms with E-state index in [1.165, 1.54) is 10.5 Å². The van der Waals surface area contributed by atoms with E-state index in [4.69, 9.17) is 0 Å². The van der Waals surface area contributed by atoms with Crippen molar-refractivity contribution in [2.24, 2.45) is 0 Å². The molecule has 0 bridgehead atoms. The van der Waals surface area contributed by atoms with Gasteiger partial charge in [-0.3, -0.25) is 0 Å². The molecule has 1 unspecified atom stereocenters. The third-order valence-corrected chi connectivity index (χ3v) is 4.36. The lowest BCUT2D eigenvalue weighted by molar-refractivity contribution is -0.140. The molecule has 0 radical (unpaired) electrons. The van der Waals surface area contributed by atoms with Crippen molar-refractivity contribution in [3.63, 3.8) is 0 Å². The average molecular weight is 423 g/mol. The number of halogens is 5. The van der Waals surface area contributed by atoms with E-state index >= 15 is 0 Å². The van der Waals surface area contributed by atoms with Gasteiger partial charge in [-0.1, -0.05) is 15.9 Å². The third-order valence-electron chi connectivity index (χ3n) is 1.99. The number of rotatable bonds is 1. The van der Waals surface area contributed by atoms with E-state index in [2.05, 4.69) is 21.0 Å². The van der Waals surface area contributed by atoms with Crippen LogP contribution in [0.1, 0.15) is 5.69 Å². The lowest BCUT2D eigenvalue weighted by Crippen LogP contribution is -2.06. The zero-order chi connectivity index (χ0) is 11.9. The first-order valence-electron chi connectivity index (χ1n) is 4.05. The molecule has 1 aromatic carbocycles. The Morgan fingerprint density at radius 3 is 2.62 bits per heavy atom. The van der Waals surface area contributed by atoms with Crippen LogP contribution in [0.2, 0.25) is 0 Å². The first-order valence-corrected chi connectivity index (χ1v) is 8.91. The van der Waals surface area contributed by atoms with Crippen molar-refractivity contribution in [3.05, 3.63) is 28.4 Å². The van der Waals surface area contributed by atoms with E-state index in [0.717, 1.165) is 0 Å². The summed E-state index contributed by atoms with van der Waals surface area (Å²) in [5.41, 5.74) is -0.323. The number of benzene rings is 1. The molecule has 0 spiro atoms. The first kappa shape index (κ1) is 12.6. The molecule has 86 valence electrons. The Morgan fingerprint density at radius 1 is 1.38 bits per heavy atom. The lowest BCUT2D eigenvalue weighted by Gasteiger charge is -2.01. The van der Waals surface area contributed by atoms with Crippen LogP contribution in [0.5, 0.6) is 0 Å². The molecular weight excluding hydrogens is 419 g/mol. The normalized spacial score (nSPS) is 13.1. The maximum atomic E-state index is 12.7. The second-order valence-corrected chi connectivity index (χ2v) is 5.96. The van der Waals surface area contributed by atoms with Crippen molar-refractivity contribution in [2.45, 2.75) is 6.18 Å². The number of aromatic nitrogens is 2. The molecule has 1 atom stereocenters. The fourth-order valence-corrected chi connectivity index (χ4v) is 3.25. The standard InChI is InChI=1S/C8H4BrF3IN2P/c9-4-1-2-6-5(3-4)7(8(10,11)12)14-15(6)16-13/h1-3,16H. The van der Waals surface area contributed by atoms with Gasteiger partial charge in [0.15, 0.2) is 5.69 Å². The summed E-state index contributed by atoms with van der Waals surface area (Å²) >= 11 is 5.16. The molecule has 2 aromatic rings. The van der Waals surface area contributed by atoms with E-state index in [-0.39, 0.29) is 11.8 Å². The van der Waals surface area contributed by atoms with Gasteiger partial charge in [-0.15, -0.1) is 0 Å². The van der Waals surface area contributed by atoms with Gasteiger partial charge in [-0.05, 0) is 40.2 Å². The molecule has 0 fully saturated rings. The van der Waals surface area contributed by atoms with E-state index in [9.17, 15) is 13.2 Å². The molecule has 0 aliphatic carbocycles. The summed E-state index contributed by atoms with van der Waals surface area (Å²) in [5, 5.41) is 3.73. The van der Waals surface area contributed by atoms with Crippen molar-refractivity contribution >= 4 is 55.2 Å². The van der Waals surface area contributed by atoms with Crippen LogP contribution in [-0.4, -0.2) is 9.55 Å². The summed E-state index contributed by atoms with van der Waals surface area (Å²) < 4.78 is 40.1. The summed E-state index contributed by atoms with van der Waals surface area (Å²) in [6, 6.07) is 4.78. The molecule has 0 N–H and O–H groups in total. The molecule has 0 aliphatic heterocycles. The van der Waals surface area contributed by atoms with Crippen LogP contribution < -0.4 is 0 Å². The molecule has 0 saturated heterocycles. The highest BCUT2D eigenvalue weighted by Crippen LogP contribution is 2.38. The highest BCUT2D eigenvalue weighted by atomic mass is 127. The maximum absolute atomic E-state index is 12.7. The molecule has 16 heavy (non-hydrogen) atoms. The quantitative estimate of drug-likeness (QED) is 0.484. The van der Waals surface area contributed by atoms with Crippen LogP contribution in [-0.2, 0) is 6.18 Å². The number of fused-ring (bicyclic) bond motifs is 1. The van der Waals surface area contributed by atoms with Crippen LogP contribution in [0, 0.1) is 0 Å². The number of hydrogen-bond acceptors (Lipinski definition) is 1. The Kier molecular flexibility index (Phi) is 3.47. The van der Waals surface area contributed by atoms with Gasteiger partial charge in [0.05, 0.1) is 11.9 Å². The minimum absolute atomic E-state index is 0.131. The van der Waals surface area contributed by atoms with Crippen molar-refractivity contribution in [1.82, 2.24) is 9.55 Å². The van der Waals surface area contributed by atoms with Crippen molar-refractivity contribution in [1.29, 1.82) is 0 Å². The zero-order valence-electron chi connectivity index (χ0n) is 7.52. The zero-order valence-corrected chi connectivity index (χ0v) is 12.3. The Hall–Kier alpha value is 0.120. The fourth-order valence-electron chi connectivity index (χ4n) is 1.36. The molecule has 2 rings (SSSR count). The van der Waals surface area contributed by atoms with Gasteiger partial charge in [0.1, 0.15) is 0 Å². The lowest BCUT2D eigenvalue weighted by atomic mass is 10.2. The van der Waals surface area contributed by atoms with Crippen molar-refractivity contribution in [3.8, 4) is 0 Å².